The van der Waals surface area contributed by atoms with E-state index in [1.807, 2.05) is 18.2 Å². The molecule has 1 N–H and O–H groups in total. The Morgan fingerprint density at radius 1 is 1.17 bits per heavy atom. The number of hydrogen-bond acceptors (Lipinski definition) is 1. The number of benzene rings is 1. The van der Waals surface area contributed by atoms with E-state index in [4.69, 9.17) is 0 Å². The van der Waals surface area contributed by atoms with Crippen LogP contribution in [0.5, 0.6) is 0 Å². The monoisotopic (exact) mass is 247 g/mol. The minimum absolute atomic E-state index is 0.192. The fourth-order valence-corrected chi connectivity index (χ4v) is 2.02. The Morgan fingerprint density at radius 3 is 2.44 bits per heavy atom. The predicted octanol–water partition coefficient (Wildman–Crippen LogP) is 3.56. The summed E-state index contributed by atoms with van der Waals surface area (Å²) in [5.41, 5.74) is 1.31. The van der Waals surface area contributed by atoms with Gasteiger partial charge in [-0.05, 0) is 24.3 Å². The van der Waals surface area contributed by atoms with E-state index < -0.39 is 0 Å². The largest absolute Gasteiger partial charge is 0.356 e. The van der Waals surface area contributed by atoms with Crippen LogP contribution in [0.4, 0.5) is 0 Å². The highest BCUT2D eigenvalue weighted by atomic mass is 16.1. The van der Waals surface area contributed by atoms with E-state index in [1.54, 1.807) is 0 Å². The summed E-state index contributed by atoms with van der Waals surface area (Å²) in [4.78, 5) is 11.7. The summed E-state index contributed by atoms with van der Waals surface area (Å²) in [5, 5.41) is 3.03. The molecule has 0 fully saturated rings. The van der Waals surface area contributed by atoms with Gasteiger partial charge >= 0.3 is 0 Å². The van der Waals surface area contributed by atoms with Crippen LogP contribution in [0.1, 0.15) is 45.1 Å². The molecule has 0 unspecified atom stereocenters. The van der Waals surface area contributed by atoms with Crippen molar-refractivity contribution in [2.45, 2.75) is 46.0 Å². The predicted molar refractivity (Wildman–Crippen MR) is 76.5 cm³/mol. The van der Waals surface area contributed by atoms with Gasteiger partial charge in [0.2, 0.25) is 5.91 Å². The highest BCUT2D eigenvalue weighted by molar-refractivity contribution is 5.75. The highest BCUT2D eigenvalue weighted by Crippen LogP contribution is 2.06. The third-order valence-corrected chi connectivity index (χ3v) is 3.45. The lowest BCUT2D eigenvalue weighted by molar-refractivity contribution is -0.121. The van der Waals surface area contributed by atoms with Crippen molar-refractivity contribution in [1.29, 1.82) is 0 Å². The molecule has 2 heteroatoms. The second-order valence-corrected chi connectivity index (χ2v) is 4.83. The maximum Gasteiger partial charge on any atom is 0.220 e. The first-order valence-electron chi connectivity index (χ1n) is 7.06. The average Bonchev–Trinajstić information content (AvgIpc) is 2.41. The van der Waals surface area contributed by atoms with Crippen LogP contribution in [0, 0.1) is 5.92 Å². The van der Waals surface area contributed by atoms with E-state index in [9.17, 15) is 4.79 Å². The normalized spacial score (nSPS) is 10.6. The van der Waals surface area contributed by atoms with Gasteiger partial charge in [0.15, 0.2) is 0 Å². The first-order chi connectivity index (χ1) is 8.76. The molecule has 0 saturated carbocycles. The molecule has 0 saturated heterocycles. The lowest BCUT2D eigenvalue weighted by Gasteiger charge is -2.13. The van der Waals surface area contributed by atoms with Crippen LogP contribution in [0.15, 0.2) is 30.3 Å². The number of carbonyl (C=O) groups excluding carboxylic acids is 1. The topological polar surface area (TPSA) is 29.1 Å². The summed E-state index contributed by atoms with van der Waals surface area (Å²) in [7, 11) is 0. The highest BCUT2D eigenvalue weighted by Gasteiger charge is 2.06. The zero-order valence-electron chi connectivity index (χ0n) is 11.6. The molecule has 2 nitrogen and oxygen atoms in total. The number of hydrogen-bond donors (Lipinski definition) is 1. The number of amides is 1. The molecule has 1 aromatic rings. The van der Waals surface area contributed by atoms with Crippen LogP contribution >= 0.6 is 0 Å². The van der Waals surface area contributed by atoms with Crippen molar-refractivity contribution in [2.75, 3.05) is 6.54 Å². The summed E-state index contributed by atoms with van der Waals surface area (Å²) in [6, 6.07) is 10.3. The van der Waals surface area contributed by atoms with Gasteiger partial charge in [0, 0.05) is 13.0 Å². The van der Waals surface area contributed by atoms with Gasteiger partial charge < -0.3 is 5.32 Å². The van der Waals surface area contributed by atoms with E-state index in [-0.39, 0.29) is 5.91 Å². The summed E-state index contributed by atoms with van der Waals surface area (Å²) < 4.78 is 0. The van der Waals surface area contributed by atoms with Gasteiger partial charge in [-0.25, -0.2) is 0 Å². The number of carbonyl (C=O) groups is 1. The molecule has 1 rings (SSSR count). The molecule has 100 valence electrons. The minimum Gasteiger partial charge on any atom is -0.356 e. The molecule has 1 amide bonds. The zero-order valence-corrected chi connectivity index (χ0v) is 11.6. The van der Waals surface area contributed by atoms with E-state index in [0.717, 1.165) is 32.2 Å². The van der Waals surface area contributed by atoms with Crippen LogP contribution in [0.25, 0.3) is 0 Å². The molecule has 0 radical (unpaired) electrons. The Kier molecular flexibility index (Phi) is 7.16. The Labute approximate surface area is 111 Å². The summed E-state index contributed by atoms with van der Waals surface area (Å²) in [5.74, 6) is 0.820. The van der Waals surface area contributed by atoms with Gasteiger partial charge in [-0.1, -0.05) is 57.0 Å². The van der Waals surface area contributed by atoms with Crippen molar-refractivity contribution in [3.05, 3.63) is 35.9 Å². The summed E-state index contributed by atoms with van der Waals surface area (Å²) >= 11 is 0. The van der Waals surface area contributed by atoms with Crippen LogP contribution in [0.3, 0.4) is 0 Å². The Hall–Kier alpha value is -1.31. The van der Waals surface area contributed by atoms with Gasteiger partial charge in [0.1, 0.15) is 0 Å². The Bertz CT molecular complexity index is 330. The standard InChI is InChI=1S/C16H25NO/c1-3-14(4-2)13-17-16(18)12-8-11-15-9-6-5-7-10-15/h5-7,9-10,14H,3-4,8,11-13H2,1-2H3,(H,17,18). The second kappa shape index (κ2) is 8.73. The molecule has 1 aromatic carbocycles. The first kappa shape index (κ1) is 14.7. The first-order valence-corrected chi connectivity index (χ1v) is 7.06. The third kappa shape index (κ3) is 5.85. The minimum atomic E-state index is 0.192. The summed E-state index contributed by atoms with van der Waals surface area (Å²) in [6.07, 6.45) is 4.83. The van der Waals surface area contributed by atoms with Crippen molar-refractivity contribution in [1.82, 2.24) is 5.32 Å². The maximum atomic E-state index is 11.7. The van der Waals surface area contributed by atoms with Crippen molar-refractivity contribution in [3.8, 4) is 0 Å². The maximum absolute atomic E-state index is 11.7. The average molecular weight is 247 g/mol. The van der Waals surface area contributed by atoms with E-state index in [0.29, 0.717) is 12.3 Å². The summed E-state index contributed by atoms with van der Waals surface area (Å²) in [6.45, 7) is 5.18. The Balaban J connectivity index is 2.14. The molecule has 0 bridgehead atoms. The van der Waals surface area contributed by atoms with Gasteiger partial charge in [0.25, 0.3) is 0 Å². The lowest BCUT2D eigenvalue weighted by atomic mass is 10.0. The van der Waals surface area contributed by atoms with Crippen molar-refractivity contribution < 1.29 is 4.79 Å². The number of nitrogens with one attached hydrogen (secondary N) is 1. The van der Waals surface area contributed by atoms with E-state index >= 15 is 0 Å². The molecular weight excluding hydrogens is 222 g/mol. The van der Waals surface area contributed by atoms with Crippen LogP contribution < -0.4 is 5.32 Å². The van der Waals surface area contributed by atoms with Gasteiger partial charge in [-0.3, -0.25) is 4.79 Å². The lowest BCUT2D eigenvalue weighted by Crippen LogP contribution is -2.28. The molecule has 0 atom stereocenters. The molecule has 0 spiro atoms. The molecule has 18 heavy (non-hydrogen) atoms. The van der Waals surface area contributed by atoms with Crippen molar-refractivity contribution in [3.63, 3.8) is 0 Å². The molecule has 0 heterocycles. The van der Waals surface area contributed by atoms with Gasteiger partial charge in [-0.2, -0.15) is 0 Å². The number of rotatable bonds is 8. The fourth-order valence-electron chi connectivity index (χ4n) is 2.02. The second-order valence-electron chi connectivity index (χ2n) is 4.83. The van der Waals surface area contributed by atoms with Gasteiger partial charge in [-0.15, -0.1) is 0 Å². The SMILES string of the molecule is CCC(CC)CNC(=O)CCCc1ccccc1. The van der Waals surface area contributed by atoms with Crippen LogP contribution in [-0.2, 0) is 11.2 Å². The Morgan fingerprint density at radius 2 is 1.83 bits per heavy atom. The van der Waals surface area contributed by atoms with Crippen LogP contribution in [-0.4, -0.2) is 12.5 Å². The van der Waals surface area contributed by atoms with Crippen molar-refractivity contribution >= 4 is 5.91 Å². The van der Waals surface area contributed by atoms with Gasteiger partial charge in [0.05, 0.1) is 0 Å². The van der Waals surface area contributed by atoms with Crippen molar-refractivity contribution in [2.24, 2.45) is 5.92 Å². The van der Waals surface area contributed by atoms with Crippen LogP contribution in [0.2, 0.25) is 0 Å². The third-order valence-electron chi connectivity index (χ3n) is 3.45. The molecule has 0 aliphatic rings. The number of aryl methyl sites for hydroxylation is 1. The smallest absolute Gasteiger partial charge is 0.220 e. The van der Waals surface area contributed by atoms with E-state index in [2.05, 4.69) is 31.3 Å². The molecule has 0 aromatic heterocycles. The molecule has 0 aliphatic heterocycles. The fraction of sp³-hybridized carbons (Fsp3) is 0.562. The molecular formula is C16H25NO. The van der Waals surface area contributed by atoms with E-state index in [1.165, 1.54) is 5.56 Å². The zero-order chi connectivity index (χ0) is 13.2. The molecule has 0 aliphatic carbocycles. The quantitative estimate of drug-likeness (QED) is 0.747.